The molecule has 0 radical (unpaired) electrons. The molecule has 3 nitrogen and oxygen atoms in total. The highest BCUT2D eigenvalue weighted by Crippen LogP contribution is 2.11. The molecule has 0 saturated carbocycles. The predicted molar refractivity (Wildman–Crippen MR) is 39.4 cm³/mol. The molecule has 58 valence electrons. The Labute approximate surface area is 61.0 Å². The monoisotopic (exact) mass is 142 g/mol. The first kappa shape index (κ1) is 7.54. The Morgan fingerprint density at radius 2 is 2.40 bits per heavy atom. The first-order chi connectivity index (χ1) is 4.83. The average molecular weight is 142 g/mol. The summed E-state index contributed by atoms with van der Waals surface area (Å²) in [6.07, 6.45) is 2.66. The Kier molecular flexibility index (Phi) is 2.68. The summed E-state index contributed by atoms with van der Waals surface area (Å²) in [5.74, 6) is 0.731. The Hall–Kier alpha value is -0.570. The zero-order valence-corrected chi connectivity index (χ0v) is 6.10. The zero-order valence-electron chi connectivity index (χ0n) is 6.10. The molecular weight excluding hydrogens is 128 g/mol. The summed E-state index contributed by atoms with van der Waals surface area (Å²) in [5.41, 5.74) is 5.48. The molecule has 0 aromatic rings. The van der Waals surface area contributed by atoms with Crippen molar-refractivity contribution in [3.05, 3.63) is 0 Å². The average Bonchev–Trinajstić information content (AvgIpc) is 2.14. The first-order valence-electron chi connectivity index (χ1n) is 3.79. The normalized spacial score (nSPS) is 27.3. The minimum atomic E-state index is 0.177. The van der Waals surface area contributed by atoms with Crippen LogP contribution in [0.4, 0.5) is 0 Å². The number of hydrogen-bond acceptors (Lipinski definition) is 2. The fraction of sp³-hybridized carbons (Fsp3) is 0.857. The molecule has 1 rings (SSSR count). The van der Waals surface area contributed by atoms with Gasteiger partial charge < -0.3 is 11.1 Å². The number of carbonyl (C=O) groups excluding carboxylic acids is 1. The molecule has 1 heterocycles. The summed E-state index contributed by atoms with van der Waals surface area (Å²) < 4.78 is 0. The topological polar surface area (TPSA) is 55.1 Å². The summed E-state index contributed by atoms with van der Waals surface area (Å²) in [4.78, 5) is 10.8. The van der Waals surface area contributed by atoms with Crippen LogP contribution in [0.3, 0.4) is 0 Å². The number of rotatable bonds is 1. The summed E-state index contributed by atoms with van der Waals surface area (Å²) in [6.45, 7) is 1.52. The van der Waals surface area contributed by atoms with Gasteiger partial charge in [0.1, 0.15) is 0 Å². The third-order valence-electron chi connectivity index (χ3n) is 1.99. The summed E-state index contributed by atoms with van der Waals surface area (Å²) in [6, 6.07) is 0. The fourth-order valence-corrected chi connectivity index (χ4v) is 1.22. The lowest BCUT2D eigenvalue weighted by Gasteiger charge is -2.07. The molecule has 3 N–H and O–H groups in total. The van der Waals surface area contributed by atoms with Crippen LogP contribution in [-0.2, 0) is 4.79 Å². The summed E-state index contributed by atoms with van der Waals surface area (Å²) in [5, 5.41) is 2.81. The zero-order chi connectivity index (χ0) is 7.40. The second-order valence-electron chi connectivity index (χ2n) is 2.78. The maximum Gasteiger partial charge on any atom is 0.220 e. The van der Waals surface area contributed by atoms with Crippen LogP contribution in [0.2, 0.25) is 0 Å². The van der Waals surface area contributed by atoms with E-state index in [1.807, 2.05) is 0 Å². The SMILES string of the molecule is NCC1CCNC(=O)CC1. The molecule has 0 aromatic carbocycles. The molecule has 1 unspecified atom stereocenters. The van der Waals surface area contributed by atoms with Crippen molar-refractivity contribution in [2.24, 2.45) is 11.7 Å². The van der Waals surface area contributed by atoms with E-state index in [1.54, 1.807) is 0 Å². The van der Waals surface area contributed by atoms with Crippen LogP contribution in [0.1, 0.15) is 19.3 Å². The Morgan fingerprint density at radius 1 is 1.60 bits per heavy atom. The van der Waals surface area contributed by atoms with E-state index in [1.165, 1.54) is 0 Å². The predicted octanol–water partition coefficient (Wildman–Crippen LogP) is -0.139. The number of amides is 1. The van der Waals surface area contributed by atoms with Gasteiger partial charge in [0, 0.05) is 13.0 Å². The van der Waals surface area contributed by atoms with E-state index in [0.717, 1.165) is 25.9 Å². The lowest BCUT2D eigenvalue weighted by atomic mass is 10.0. The molecule has 1 atom stereocenters. The van der Waals surface area contributed by atoms with Crippen LogP contribution >= 0.6 is 0 Å². The van der Waals surface area contributed by atoms with Gasteiger partial charge in [-0.3, -0.25) is 4.79 Å². The largest absolute Gasteiger partial charge is 0.356 e. The van der Waals surface area contributed by atoms with Gasteiger partial charge in [0.25, 0.3) is 0 Å². The van der Waals surface area contributed by atoms with E-state index < -0.39 is 0 Å². The quantitative estimate of drug-likeness (QED) is 0.535. The third-order valence-corrected chi connectivity index (χ3v) is 1.99. The van der Waals surface area contributed by atoms with Gasteiger partial charge in [-0.2, -0.15) is 0 Å². The third kappa shape index (κ3) is 1.99. The second-order valence-corrected chi connectivity index (χ2v) is 2.78. The molecule has 0 spiro atoms. The van der Waals surface area contributed by atoms with E-state index in [9.17, 15) is 4.79 Å². The van der Waals surface area contributed by atoms with Crippen LogP contribution < -0.4 is 11.1 Å². The van der Waals surface area contributed by atoms with Crippen LogP contribution in [0.25, 0.3) is 0 Å². The molecule has 0 aliphatic carbocycles. The van der Waals surface area contributed by atoms with Crippen molar-refractivity contribution >= 4 is 5.91 Å². The standard InChI is InChI=1S/C7H14N2O/c8-5-6-1-2-7(10)9-4-3-6/h6H,1-5,8H2,(H,9,10). The highest BCUT2D eigenvalue weighted by atomic mass is 16.1. The number of hydrogen-bond donors (Lipinski definition) is 2. The lowest BCUT2D eigenvalue weighted by Crippen LogP contribution is -2.21. The highest BCUT2D eigenvalue weighted by Gasteiger charge is 2.13. The molecule has 3 heteroatoms. The molecular formula is C7H14N2O. The summed E-state index contributed by atoms with van der Waals surface area (Å²) >= 11 is 0. The fourth-order valence-electron chi connectivity index (χ4n) is 1.22. The Balaban J connectivity index is 2.33. The molecule has 1 aliphatic heterocycles. The van der Waals surface area contributed by atoms with Crippen LogP contribution in [0, 0.1) is 5.92 Å². The molecule has 1 saturated heterocycles. The lowest BCUT2D eigenvalue weighted by molar-refractivity contribution is -0.120. The molecule has 0 bridgehead atoms. The highest BCUT2D eigenvalue weighted by molar-refractivity contribution is 5.76. The van der Waals surface area contributed by atoms with Crippen LogP contribution in [-0.4, -0.2) is 19.0 Å². The van der Waals surface area contributed by atoms with E-state index in [0.29, 0.717) is 12.3 Å². The van der Waals surface area contributed by atoms with Gasteiger partial charge in [0.2, 0.25) is 5.91 Å². The van der Waals surface area contributed by atoms with E-state index in [4.69, 9.17) is 5.73 Å². The first-order valence-corrected chi connectivity index (χ1v) is 3.79. The molecule has 1 fully saturated rings. The Bertz CT molecular complexity index is 125. The minimum absolute atomic E-state index is 0.177. The van der Waals surface area contributed by atoms with E-state index in [2.05, 4.69) is 5.32 Å². The molecule has 1 amide bonds. The van der Waals surface area contributed by atoms with Crippen molar-refractivity contribution < 1.29 is 4.79 Å². The van der Waals surface area contributed by atoms with E-state index in [-0.39, 0.29) is 5.91 Å². The van der Waals surface area contributed by atoms with Crippen molar-refractivity contribution in [2.75, 3.05) is 13.1 Å². The van der Waals surface area contributed by atoms with Crippen molar-refractivity contribution in [1.82, 2.24) is 5.32 Å². The van der Waals surface area contributed by atoms with Crippen molar-refractivity contribution in [2.45, 2.75) is 19.3 Å². The van der Waals surface area contributed by atoms with Crippen molar-refractivity contribution in [1.29, 1.82) is 0 Å². The van der Waals surface area contributed by atoms with Gasteiger partial charge in [-0.25, -0.2) is 0 Å². The van der Waals surface area contributed by atoms with Crippen molar-refractivity contribution in [3.8, 4) is 0 Å². The van der Waals surface area contributed by atoms with Gasteiger partial charge in [-0.15, -0.1) is 0 Å². The Morgan fingerprint density at radius 3 is 3.10 bits per heavy atom. The van der Waals surface area contributed by atoms with Gasteiger partial charge in [0.15, 0.2) is 0 Å². The van der Waals surface area contributed by atoms with Gasteiger partial charge in [0.05, 0.1) is 0 Å². The van der Waals surface area contributed by atoms with Gasteiger partial charge in [-0.05, 0) is 25.3 Å². The number of nitrogens with two attached hydrogens (primary N) is 1. The summed E-state index contributed by atoms with van der Waals surface area (Å²) in [7, 11) is 0. The molecule has 10 heavy (non-hydrogen) atoms. The van der Waals surface area contributed by atoms with Gasteiger partial charge in [-0.1, -0.05) is 0 Å². The second kappa shape index (κ2) is 3.56. The van der Waals surface area contributed by atoms with Crippen molar-refractivity contribution in [3.63, 3.8) is 0 Å². The maximum absolute atomic E-state index is 10.8. The maximum atomic E-state index is 10.8. The molecule has 1 aliphatic rings. The molecule has 0 aromatic heterocycles. The smallest absolute Gasteiger partial charge is 0.220 e. The van der Waals surface area contributed by atoms with Gasteiger partial charge >= 0.3 is 0 Å². The van der Waals surface area contributed by atoms with Crippen LogP contribution in [0.5, 0.6) is 0 Å². The minimum Gasteiger partial charge on any atom is -0.356 e. The van der Waals surface area contributed by atoms with E-state index >= 15 is 0 Å². The number of nitrogens with one attached hydrogen (secondary N) is 1. The number of carbonyl (C=O) groups is 1. The van der Waals surface area contributed by atoms with Crippen LogP contribution in [0.15, 0.2) is 0 Å².